The first-order valence-electron chi connectivity index (χ1n) is 7.78. The highest BCUT2D eigenvalue weighted by Gasteiger charge is 2.13. The minimum Gasteiger partial charge on any atom is -0.325 e. The minimum atomic E-state index is -0.301. The van der Waals surface area contributed by atoms with Crippen LogP contribution >= 0.6 is 27.7 Å². The maximum atomic E-state index is 13.0. The first kappa shape index (κ1) is 18.6. The Balaban J connectivity index is 1.63. The van der Waals surface area contributed by atoms with Gasteiger partial charge in [0.1, 0.15) is 5.82 Å². The largest absolute Gasteiger partial charge is 0.325 e. The zero-order chi connectivity index (χ0) is 18.7. The molecule has 1 N–H and O–H groups in total. The van der Waals surface area contributed by atoms with E-state index in [0.717, 1.165) is 21.3 Å². The summed E-state index contributed by atoms with van der Waals surface area (Å²) in [5, 5.41) is 11.7. The Bertz CT molecular complexity index is 943. The summed E-state index contributed by atoms with van der Waals surface area (Å²) in [6.07, 6.45) is 0. The fraction of sp³-hybridized carbons (Fsp3) is 0.167. The van der Waals surface area contributed by atoms with Gasteiger partial charge >= 0.3 is 0 Å². The topological polar surface area (TPSA) is 59.8 Å². The van der Waals surface area contributed by atoms with Crippen LogP contribution in [0.5, 0.6) is 0 Å². The highest BCUT2D eigenvalue weighted by molar-refractivity contribution is 9.10. The van der Waals surface area contributed by atoms with Crippen molar-refractivity contribution in [3.8, 4) is 11.4 Å². The monoisotopic (exact) mass is 434 g/mol. The molecule has 2 aromatic carbocycles. The van der Waals surface area contributed by atoms with Crippen LogP contribution in [0.1, 0.15) is 5.56 Å². The highest BCUT2D eigenvalue weighted by atomic mass is 79.9. The second kappa shape index (κ2) is 8.01. The Kier molecular flexibility index (Phi) is 5.73. The van der Waals surface area contributed by atoms with Crippen LogP contribution in [0.2, 0.25) is 0 Å². The van der Waals surface area contributed by atoms with Gasteiger partial charge in [0.15, 0.2) is 11.0 Å². The molecule has 1 aromatic heterocycles. The number of carbonyl (C=O) groups is 1. The van der Waals surface area contributed by atoms with Crippen molar-refractivity contribution in [2.45, 2.75) is 12.1 Å². The second-order valence-corrected chi connectivity index (χ2v) is 7.47. The van der Waals surface area contributed by atoms with Gasteiger partial charge in [-0.2, -0.15) is 0 Å². The molecule has 0 aliphatic heterocycles. The number of aryl methyl sites for hydroxylation is 1. The Hall–Kier alpha value is -2.19. The predicted octanol–water partition coefficient (Wildman–Crippen LogP) is 4.42. The van der Waals surface area contributed by atoms with Gasteiger partial charge in [0.05, 0.1) is 5.75 Å². The van der Waals surface area contributed by atoms with Gasteiger partial charge in [0.2, 0.25) is 5.91 Å². The van der Waals surface area contributed by atoms with Crippen molar-refractivity contribution >= 4 is 39.3 Å². The third-order valence-electron chi connectivity index (χ3n) is 3.71. The Labute approximate surface area is 163 Å². The standard InChI is InChI=1S/C18H16BrFN4OS/c1-11-9-14(7-8-15(11)19)21-16(25)10-26-18-23-22-17(24(18)2)12-3-5-13(20)6-4-12/h3-9H,10H2,1-2H3,(H,21,25). The first-order valence-corrected chi connectivity index (χ1v) is 9.56. The van der Waals surface area contributed by atoms with Crippen LogP contribution in [0.4, 0.5) is 10.1 Å². The van der Waals surface area contributed by atoms with Gasteiger partial charge in [0.25, 0.3) is 0 Å². The lowest BCUT2D eigenvalue weighted by Gasteiger charge is -2.07. The summed E-state index contributed by atoms with van der Waals surface area (Å²) in [5.74, 6) is 0.412. The molecule has 1 amide bonds. The summed E-state index contributed by atoms with van der Waals surface area (Å²) in [4.78, 5) is 12.2. The van der Waals surface area contributed by atoms with Crippen molar-refractivity contribution in [2.24, 2.45) is 7.05 Å². The molecule has 0 unspecified atom stereocenters. The zero-order valence-electron chi connectivity index (χ0n) is 14.2. The Morgan fingerprint density at radius 2 is 1.96 bits per heavy atom. The molecule has 134 valence electrons. The van der Waals surface area contributed by atoms with E-state index in [2.05, 4.69) is 31.4 Å². The van der Waals surface area contributed by atoms with Crippen LogP contribution in [0.15, 0.2) is 52.1 Å². The van der Waals surface area contributed by atoms with Gasteiger partial charge in [-0.15, -0.1) is 10.2 Å². The van der Waals surface area contributed by atoms with Crippen molar-refractivity contribution in [1.29, 1.82) is 0 Å². The van der Waals surface area contributed by atoms with Crippen molar-refractivity contribution in [3.05, 3.63) is 58.3 Å². The molecular formula is C18H16BrFN4OS. The Morgan fingerprint density at radius 3 is 2.65 bits per heavy atom. The summed E-state index contributed by atoms with van der Waals surface area (Å²) >= 11 is 4.73. The molecule has 26 heavy (non-hydrogen) atoms. The summed E-state index contributed by atoms with van der Waals surface area (Å²) in [5.41, 5.74) is 2.57. The highest BCUT2D eigenvalue weighted by Crippen LogP contribution is 2.24. The average Bonchev–Trinajstić information content (AvgIpc) is 2.98. The normalized spacial score (nSPS) is 10.8. The van der Waals surface area contributed by atoms with Crippen LogP contribution in [-0.2, 0) is 11.8 Å². The lowest BCUT2D eigenvalue weighted by molar-refractivity contribution is -0.113. The van der Waals surface area contributed by atoms with Gasteiger partial charge in [-0.1, -0.05) is 27.7 Å². The molecule has 3 rings (SSSR count). The molecule has 8 heteroatoms. The molecule has 0 spiro atoms. The first-order chi connectivity index (χ1) is 12.4. The van der Waals surface area contributed by atoms with E-state index < -0.39 is 0 Å². The van der Waals surface area contributed by atoms with E-state index in [-0.39, 0.29) is 17.5 Å². The number of amides is 1. The quantitative estimate of drug-likeness (QED) is 0.603. The molecule has 1 heterocycles. The molecule has 0 aliphatic carbocycles. The van der Waals surface area contributed by atoms with E-state index in [4.69, 9.17) is 0 Å². The fourth-order valence-corrected chi connectivity index (χ4v) is 3.30. The van der Waals surface area contributed by atoms with Gasteiger partial charge in [-0.05, 0) is 55.0 Å². The number of carbonyl (C=O) groups excluding carboxylic acids is 1. The van der Waals surface area contributed by atoms with Crippen molar-refractivity contribution in [3.63, 3.8) is 0 Å². The predicted molar refractivity (Wildman–Crippen MR) is 105 cm³/mol. The molecule has 0 saturated carbocycles. The minimum absolute atomic E-state index is 0.122. The molecule has 0 saturated heterocycles. The van der Waals surface area contributed by atoms with E-state index >= 15 is 0 Å². The van der Waals surface area contributed by atoms with Crippen molar-refractivity contribution in [2.75, 3.05) is 11.1 Å². The number of nitrogens with one attached hydrogen (secondary N) is 1. The zero-order valence-corrected chi connectivity index (χ0v) is 16.6. The number of hydrogen-bond donors (Lipinski definition) is 1. The average molecular weight is 435 g/mol. The number of anilines is 1. The summed E-state index contributed by atoms with van der Waals surface area (Å²) in [6.45, 7) is 1.96. The number of rotatable bonds is 5. The third kappa shape index (κ3) is 4.31. The van der Waals surface area contributed by atoms with Crippen LogP contribution in [-0.4, -0.2) is 26.4 Å². The van der Waals surface area contributed by atoms with Crippen molar-refractivity contribution < 1.29 is 9.18 Å². The van der Waals surface area contributed by atoms with Gasteiger partial charge in [0, 0.05) is 22.8 Å². The number of halogens is 2. The van der Waals surface area contributed by atoms with Crippen molar-refractivity contribution in [1.82, 2.24) is 14.8 Å². The smallest absolute Gasteiger partial charge is 0.234 e. The number of thioether (sulfide) groups is 1. The summed E-state index contributed by atoms with van der Waals surface area (Å²) in [7, 11) is 1.82. The molecule has 3 aromatic rings. The Morgan fingerprint density at radius 1 is 1.23 bits per heavy atom. The van der Waals surface area contributed by atoms with Crippen LogP contribution < -0.4 is 5.32 Å². The molecule has 5 nitrogen and oxygen atoms in total. The third-order valence-corrected chi connectivity index (χ3v) is 5.62. The van der Waals surface area contributed by atoms with Gasteiger partial charge < -0.3 is 9.88 Å². The maximum absolute atomic E-state index is 13.0. The molecule has 0 fully saturated rings. The number of aromatic nitrogens is 3. The lowest BCUT2D eigenvalue weighted by atomic mass is 10.2. The summed E-state index contributed by atoms with van der Waals surface area (Å²) in [6, 6.07) is 11.7. The van der Waals surface area contributed by atoms with Gasteiger partial charge in [-0.3, -0.25) is 4.79 Å². The SMILES string of the molecule is Cc1cc(NC(=O)CSc2nnc(-c3ccc(F)cc3)n2C)ccc1Br. The van der Waals surface area contributed by atoms with E-state index in [1.807, 2.05) is 32.2 Å². The van der Waals surface area contributed by atoms with Crippen LogP contribution in [0, 0.1) is 12.7 Å². The van der Waals surface area contributed by atoms with E-state index in [1.54, 1.807) is 16.7 Å². The molecule has 0 aliphatic rings. The van der Waals surface area contributed by atoms with Crippen LogP contribution in [0.25, 0.3) is 11.4 Å². The fourth-order valence-electron chi connectivity index (χ4n) is 2.34. The van der Waals surface area contributed by atoms with E-state index in [1.165, 1.54) is 23.9 Å². The molecule has 0 atom stereocenters. The lowest BCUT2D eigenvalue weighted by Crippen LogP contribution is -2.14. The van der Waals surface area contributed by atoms with E-state index in [0.29, 0.717) is 11.0 Å². The molecular weight excluding hydrogens is 419 g/mol. The molecule has 0 radical (unpaired) electrons. The number of nitrogens with zero attached hydrogens (tertiary/aromatic N) is 3. The molecule has 0 bridgehead atoms. The summed E-state index contributed by atoms with van der Waals surface area (Å²) < 4.78 is 15.8. The maximum Gasteiger partial charge on any atom is 0.234 e. The van der Waals surface area contributed by atoms with Gasteiger partial charge in [-0.25, -0.2) is 4.39 Å². The second-order valence-electron chi connectivity index (χ2n) is 5.67. The van der Waals surface area contributed by atoms with Crippen LogP contribution in [0.3, 0.4) is 0 Å². The number of hydrogen-bond acceptors (Lipinski definition) is 4. The van der Waals surface area contributed by atoms with E-state index in [9.17, 15) is 9.18 Å². The number of benzene rings is 2.